The van der Waals surface area contributed by atoms with Gasteiger partial charge in [-0.15, -0.1) is 0 Å². The molecule has 1 saturated carbocycles. The van der Waals surface area contributed by atoms with Gasteiger partial charge in [-0.2, -0.15) is 0 Å². The summed E-state index contributed by atoms with van der Waals surface area (Å²) in [6.07, 6.45) is 0.352. The molecule has 0 spiro atoms. The van der Waals surface area contributed by atoms with Crippen LogP contribution >= 0.6 is 0 Å². The van der Waals surface area contributed by atoms with Gasteiger partial charge in [0.1, 0.15) is 0 Å². The number of anilines is 1. The van der Waals surface area contributed by atoms with Crippen molar-refractivity contribution in [3.63, 3.8) is 0 Å². The van der Waals surface area contributed by atoms with Crippen LogP contribution in [-0.4, -0.2) is 41.9 Å². The third-order valence-electron chi connectivity index (χ3n) is 3.27. The van der Waals surface area contributed by atoms with E-state index in [0.29, 0.717) is 17.7 Å². The van der Waals surface area contributed by atoms with Crippen LogP contribution < -0.4 is 5.32 Å². The first-order valence-corrected chi connectivity index (χ1v) is 6.26. The van der Waals surface area contributed by atoms with Crippen LogP contribution in [0.15, 0.2) is 24.3 Å². The summed E-state index contributed by atoms with van der Waals surface area (Å²) in [5.41, 5.74) is 0.797. The Bertz CT molecular complexity index is 568. The molecule has 6 heteroatoms. The average molecular weight is 276 g/mol. The minimum atomic E-state index is -0.956. The lowest BCUT2D eigenvalue weighted by Crippen LogP contribution is -2.24. The number of carboxylic acids is 1. The van der Waals surface area contributed by atoms with Crippen LogP contribution in [0.25, 0.3) is 0 Å². The van der Waals surface area contributed by atoms with Gasteiger partial charge in [-0.1, -0.05) is 12.1 Å². The van der Waals surface area contributed by atoms with Crippen LogP contribution in [0, 0.1) is 11.8 Å². The Morgan fingerprint density at radius 2 is 1.85 bits per heavy atom. The van der Waals surface area contributed by atoms with Gasteiger partial charge >= 0.3 is 5.97 Å². The van der Waals surface area contributed by atoms with Crippen molar-refractivity contribution in [3.8, 4) is 0 Å². The highest BCUT2D eigenvalue weighted by Gasteiger charge is 2.48. The molecule has 0 aliphatic heterocycles. The van der Waals surface area contributed by atoms with E-state index in [9.17, 15) is 14.4 Å². The molecule has 0 saturated heterocycles. The maximum Gasteiger partial charge on any atom is 0.307 e. The zero-order valence-electron chi connectivity index (χ0n) is 11.3. The zero-order valence-corrected chi connectivity index (χ0v) is 11.3. The molecule has 2 rings (SSSR count). The van der Waals surface area contributed by atoms with Crippen molar-refractivity contribution in [3.05, 3.63) is 29.8 Å². The van der Waals surface area contributed by atoms with Gasteiger partial charge in [-0.05, 0) is 18.6 Å². The Balaban J connectivity index is 2.12. The molecule has 1 aliphatic rings. The molecule has 2 N–H and O–H groups in total. The monoisotopic (exact) mass is 276 g/mol. The fourth-order valence-electron chi connectivity index (χ4n) is 2.00. The maximum atomic E-state index is 12.0. The Morgan fingerprint density at radius 3 is 2.40 bits per heavy atom. The van der Waals surface area contributed by atoms with Crippen molar-refractivity contribution in [2.75, 3.05) is 19.4 Å². The summed E-state index contributed by atoms with van der Waals surface area (Å²) in [6.45, 7) is 0. The number of rotatable bonds is 4. The van der Waals surface area contributed by atoms with E-state index >= 15 is 0 Å². The summed E-state index contributed by atoms with van der Waals surface area (Å²) < 4.78 is 0. The van der Waals surface area contributed by atoms with Crippen LogP contribution in [0.1, 0.15) is 16.8 Å². The first-order chi connectivity index (χ1) is 9.41. The lowest BCUT2D eigenvalue weighted by molar-refractivity contribution is -0.139. The molecule has 0 aromatic heterocycles. The summed E-state index contributed by atoms with van der Waals surface area (Å²) in [5, 5.41) is 11.5. The smallest absolute Gasteiger partial charge is 0.307 e. The number of carbonyl (C=O) groups is 3. The number of benzene rings is 1. The van der Waals surface area contributed by atoms with E-state index in [2.05, 4.69) is 5.32 Å². The van der Waals surface area contributed by atoms with Crippen molar-refractivity contribution in [2.24, 2.45) is 11.8 Å². The van der Waals surface area contributed by atoms with Crippen molar-refractivity contribution in [1.82, 2.24) is 4.90 Å². The van der Waals surface area contributed by atoms with Crippen molar-refractivity contribution in [1.29, 1.82) is 0 Å². The maximum absolute atomic E-state index is 12.0. The van der Waals surface area contributed by atoms with Crippen LogP contribution in [0.2, 0.25) is 0 Å². The number of hydrogen-bond donors (Lipinski definition) is 2. The predicted octanol–water partition coefficient (Wildman–Crippen LogP) is 1.05. The predicted molar refractivity (Wildman–Crippen MR) is 72.3 cm³/mol. The molecule has 6 nitrogen and oxygen atoms in total. The van der Waals surface area contributed by atoms with Crippen molar-refractivity contribution >= 4 is 23.5 Å². The molecule has 1 aromatic carbocycles. The van der Waals surface area contributed by atoms with Gasteiger partial charge in [0.15, 0.2) is 0 Å². The van der Waals surface area contributed by atoms with E-state index in [1.54, 1.807) is 38.4 Å². The fraction of sp³-hybridized carbons (Fsp3) is 0.357. The van der Waals surface area contributed by atoms with E-state index in [4.69, 9.17) is 5.11 Å². The van der Waals surface area contributed by atoms with E-state index in [1.807, 2.05) is 0 Å². The van der Waals surface area contributed by atoms with E-state index in [-0.39, 0.29) is 11.8 Å². The second-order valence-electron chi connectivity index (χ2n) is 5.02. The summed E-state index contributed by atoms with van der Waals surface area (Å²) in [4.78, 5) is 36.1. The quantitative estimate of drug-likeness (QED) is 0.860. The van der Waals surface area contributed by atoms with Gasteiger partial charge in [0.25, 0.3) is 5.91 Å². The number of amides is 2. The topological polar surface area (TPSA) is 86.7 Å². The second-order valence-corrected chi connectivity index (χ2v) is 5.02. The van der Waals surface area contributed by atoms with Crippen molar-refractivity contribution in [2.45, 2.75) is 6.42 Å². The highest BCUT2D eigenvalue weighted by atomic mass is 16.4. The van der Waals surface area contributed by atoms with Gasteiger partial charge in [0.2, 0.25) is 5.91 Å². The molecule has 1 fully saturated rings. The third kappa shape index (κ3) is 2.79. The Hall–Kier alpha value is -2.37. The highest BCUT2D eigenvalue weighted by molar-refractivity contribution is 6.05. The lowest BCUT2D eigenvalue weighted by Gasteiger charge is -2.14. The summed E-state index contributed by atoms with van der Waals surface area (Å²) in [7, 11) is 3.25. The minimum absolute atomic E-state index is 0.216. The number of nitrogens with zero attached hydrogens (tertiary/aromatic N) is 1. The molecule has 1 aromatic rings. The third-order valence-corrected chi connectivity index (χ3v) is 3.27. The van der Waals surface area contributed by atoms with Gasteiger partial charge < -0.3 is 15.3 Å². The molecule has 0 radical (unpaired) electrons. The molecule has 2 amide bonds. The number of aliphatic carboxylic acids is 1. The summed E-state index contributed by atoms with van der Waals surface area (Å²) >= 11 is 0. The Morgan fingerprint density at radius 1 is 1.20 bits per heavy atom. The fourth-order valence-corrected chi connectivity index (χ4v) is 2.00. The lowest BCUT2D eigenvalue weighted by atomic mass is 10.1. The first kappa shape index (κ1) is 14.0. The Kier molecular flexibility index (Phi) is 3.74. The molecular formula is C14H16N2O4. The first-order valence-electron chi connectivity index (χ1n) is 6.26. The number of carboxylic acid groups (broad SMARTS) is 1. The van der Waals surface area contributed by atoms with Gasteiger partial charge in [0.05, 0.1) is 23.1 Å². The molecule has 0 heterocycles. The second kappa shape index (κ2) is 5.32. The SMILES string of the molecule is CN(C)C(=O)c1ccccc1NC(=O)[C@@H]1C[C@@H]1C(=O)O. The van der Waals surface area contributed by atoms with Gasteiger partial charge in [-0.3, -0.25) is 14.4 Å². The molecular weight excluding hydrogens is 260 g/mol. The van der Waals surface area contributed by atoms with Crippen LogP contribution in [0.3, 0.4) is 0 Å². The molecule has 0 bridgehead atoms. The number of carbonyl (C=O) groups excluding carboxylic acids is 2. The molecule has 2 atom stereocenters. The van der Waals surface area contributed by atoms with E-state index in [0.717, 1.165) is 0 Å². The van der Waals surface area contributed by atoms with E-state index < -0.39 is 17.8 Å². The summed E-state index contributed by atoms with van der Waals surface area (Å²) in [5.74, 6) is -2.63. The zero-order chi connectivity index (χ0) is 14.9. The highest BCUT2D eigenvalue weighted by Crippen LogP contribution is 2.39. The van der Waals surface area contributed by atoms with Gasteiger partial charge in [-0.25, -0.2) is 0 Å². The normalized spacial score (nSPS) is 20.1. The Labute approximate surface area is 116 Å². The number of para-hydroxylation sites is 1. The van der Waals surface area contributed by atoms with Gasteiger partial charge in [0, 0.05) is 14.1 Å². The average Bonchev–Trinajstić information content (AvgIpc) is 3.18. The van der Waals surface area contributed by atoms with Crippen LogP contribution in [0.5, 0.6) is 0 Å². The van der Waals surface area contributed by atoms with Crippen molar-refractivity contribution < 1.29 is 19.5 Å². The van der Waals surface area contributed by atoms with Crippen LogP contribution in [0.4, 0.5) is 5.69 Å². The largest absolute Gasteiger partial charge is 0.481 e. The standard InChI is InChI=1S/C14H16N2O4/c1-16(2)13(18)8-5-3-4-6-11(8)15-12(17)9-7-10(9)14(19)20/h3-6,9-10H,7H2,1-2H3,(H,15,17)(H,19,20)/t9-,10+/m1/s1. The number of hydrogen-bond acceptors (Lipinski definition) is 3. The molecule has 106 valence electrons. The van der Waals surface area contributed by atoms with E-state index in [1.165, 1.54) is 4.90 Å². The molecule has 20 heavy (non-hydrogen) atoms. The van der Waals surface area contributed by atoms with Crippen LogP contribution in [-0.2, 0) is 9.59 Å². The molecule has 0 unspecified atom stereocenters. The molecule has 1 aliphatic carbocycles. The minimum Gasteiger partial charge on any atom is -0.481 e. The number of nitrogens with one attached hydrogen (secondary N) is 1. The summed E-state index contributed by atoms with van der Waals surface area (Å²) in [6, 6.07) is 6.68.